The maximum Gasteiger partial charge on any atom is 0.251 e. The van der Waals surface area contributed by atoms with E-state index in [2.05, 4.69) is 5.09 Å². The summed E-state index contributed by atoms with van der Waals surface area (Å²) in [7, 11) is -3.55. The Hall–Kier alpha value is -2.42. The second kappa shape index (κ2) is 12.2. The molecule has 2 aromatic carbocycles. The van der Waals surface area contributed by atoms with Crippen molar-refractivity contribution in [2.75, 3.05) is 31.5 Å². The molecule has 46 heavy (non-hydrogen) atoms. The van der Waals surface area contributed by atoms with Crippen LogP contribution in [0, 0.1) is 5.92 Å². The van der Waals surface area contributed by atoms with E-state index in [1.165, 1.54) is 25.1 Å². The molecule has 2 saturated heterocycles. The van der Waals surface area contributed by atoms with E-state index in [-0.39, 0.29) is 60.1 Å². The van der Waals surface area contributed by atoms with Crippen molar-refractivity contribution in [2.24, 2.45) is 5.92 Å². The van der Waals surface area contributed by atoms with E-state index in [9.17, 15) is 39.7 Å². The number of carbonyl (C=O) groups excluding carboxylic acids is 3. The molecule has 13 nitrogen and oxygen atoms in total. The Kier molecular flexibility index (Phi) is 8.90. The molecule has 2 aliphatic carbocycles. The van der Waals surface area contributed by atoms with Crippen LogP contribution in [0.4, 0.5) is 0 Å². The average molecular weight is 699 g/mol. The molecule has 7 atom stereocenters. The second-order valence-corrected chi connectivity index (χ2v) is 14.8. The van der Waals surface area contributed by atoms with Crippen molar-refractivity contribution in [3.05, 3.63) is 51.6 Å². The highest BCUT2D eigenvalue weighted by molar-refractivity contribution is 7.60. The number of hydrogen-bond donors (Lipinski definition) is 5. The molecule has 2 fully saturated rings. The number of hydrogen-bond acceptors (Lipinski definition) is 13. The van der Waals surface area contributed by atoms with Crippen LogP contribution in [0.2, 0.25) is 0 Å². The minimum Gasteiger partial charge on any atom is -0.626 e. The summed E-state index contributed by atoms with van der Waals surface area (Å²) in [6, 6.07) is 3.37. The molecule has 1 unspecified atom stereocenters. The molecule has 0 radical (unpaired) electrons. The summed E-state index contributed by atoms with van der Waals surface area (Å²) in [5.74, 6) is -4.37. The number of ketones is 3. The number of fused-ring (bicyclic) bond motifs is 4. The van der Waals surface area contributed by atoms with Gasteiger partial charge in [0.25, 0.3) is 8.02 Å². The first-order valence-corrected chi connectivity index (χ1v) is 17.4. The molecule has 6 rings (SSSR count). The van der Waals surface area contributed by atoms with Crippen LogP contribution in [0.15, 0.2) is 18.2 Å². The number of Topliss-reactive ketones (excluding diaryl/α,β-unsaturated/α-hetero) is 1. The van der Waals surface area contributed by atoms with Gasteiger partial charge in [0.1, 0.15) is 29.0 Å². The van der Waals surface area contributed by atoms with Crippen LogP contribution in [0.3, 0.4) is 0 Å². The zero-order valence-electron chi connectivity index (χ0n) is 24.9. The second-order valence-electron chi connectivity index (χ2n) is 12.0. The first kappa shape index (κ1) is 33.5. The van der Waals surface area contributed by atoms with Gasteiger partial charge in [0.15, 0.2) is 17.9 Å². The van der Waals surface area contributed by atoms with Gasteiger partial charge in [-0.15, -0.1) is 33.0 Å². The number of aliphatic hydroxyl groups is 1. The van der Waals surface area contributed by atoms with Gasteiger partial charge in [0.2, 0.25) is 5.78 Å². The van der Waals surface area contributed by atoms with Crippen LogP contribution >= 0.6 is 31.2 Å². The first-order valence-electron chi connectivity index (χ1n) is 14.7. The SMILES string of the molecule is CC(=O)[C@]1(O)Cc2c(O)c3c(c(O)c2[C@@H](O[C@@H]2OC[C@H]4O[P+]([O-])(N(CCCl)CCCl)N[C@H]4[C@H]2C)C1)C(=O)c1c(O)cccc1C3=O. The van der Waals surface area contributed by atoms with Gasteiger partial charge in [-0.1, -0.05) is 19.1 Å². The predicted molar refractivity (Wildman–Crippen MR) is 163 cm³/mol. The third kappa shape index (κ3) is 5.22. The van der Waals surface area contributed by atoms with Crippen molar-refractivity contribution in [1.82, 2.24) is 9.76 Å². The molecule has 0 saturated carbocycles. The average Bonchev–Trinajstić information content (AvgIpc) is 3.37. The number of nitrogens with one attached hydrogen (secondary N) is 1. The standard InChI is InChI=1S/C30H33Cl2N2O11P/c1-13-24-19(45-46(42,33-24)34(8-6-31)9-7-32)12-43-29(13)44-18-11-30(41,14(2)35)10-16-21(18)28(40)23-22(26(16)38)25(37)15-4-3-5-17(36)20(15)27(23)39/h3-5,13,18-19,24,29,36,38,40-41H,6-12H2,1-2H3,(H,33,42)/t13-,18+,19-,24+,29+,30+,46?/m1/s1. The van der Waals surface area contributed by atoms with E-state index in [4.69, 9.17) is 37.2 Å². The fourth-order valence-corrected chi connectivity index (χ4v) is 9.91. The van der Waals surface area contributed by atoms with E-state index in [0.717, 1.165) is 0 Å². The molecular weight excluding hydrogens is 666 g/mol. The van der Waals surface area contributed by atoms with Crippen LogP contribution in [-0.2, 0) is 25.2 Å². The Bertz CT molecular complexity index is 1620. The van der Waals surface area contributed by atoms with Crippen molar-refractivity contribution in [3.8, 4) is 17.2 Å². The Morgan fingerprint density at radius 1 is 1.13 bits per heavy atom. The lowest BCUT2D eigenvalue weighted by Crippen LogP contribution is -2.53. The highest BCUT2D eigenvalue weighted by Crippen LogP contribution is 2.59. The fraction of sp³-hybridized carbons (Fsp3) is 0.500. The molecular formula is C30H33Cl2N2O11P. The lowest BCUT2D eigenvalue weighted by Gasteiger charge is -2.42. The Morgan fingerprint density at radius 3 is 2.46 bits per heavy atom. The highest BCUT2D eigenvalue weighted by atomic mass is 35.5. The monoisotopic (exact) mass is 698 g/mol. The molecule has 16 heteroatoms. The van der Waals surface area contributed by atoms with E-state index < -0.39 is 96.2 Å². The molecule has 2 aliphatic heterocycles. The number of phenolic OH excluding ortho intramolecular Hbond substituents is 3. The zero-order valence-corrected chi connectivity index (χ0v) is 27.3. The summed E-state index contributed by atoms with van der Waals surface area (Å²) in [5.41, 5.74) is -3.83. The highest BCUT2D eigenvalue weighted by Gasteiger charge is 2.57. The van der Waals surface area contributed by atoms with Crippen LogP contribution in [0.25, 0.3) is 0 Å². The lowest BCUT2D eigenvalue weighted by molar-refractivity contribution is -0.244. The zero-order chi connectivity index (χ0) is 33.3. The smallest absolute Gasteiger partial charge is 0.251 e. The topological polar surface area (TPSA) is 198 Å². The number of ether oxygens (including phenoxy) is 2. The van der Waals surface area contributed by atoms with Crippen molar-refractivity contribution in [2.45, 2.75) is 56.8 Å². The minimum atomic E-state index is -3.55. The quantitative estimate of drug-likeness (QED) is 0.130. The molecule has 2 heterocycles. The number of nitrogens with zero attached hydrogens (tertiary/aromatic N) is 1. The molecule has 2 aromatic rings. The number of halogens is 2. The Balaban J connectivity index is 1.38. The van der Waals surface area contributed by atoms with Crippen LogP contribution in [0.5, 0.6) is 17.2 Å². The lowest BCUT2D eigenvalue weighted by atomic mass is 9.72. The van der Waals surface area contributed by atoms with Crippen LogP contribution in [0.1, 0.15) is 69.3 Å². The fourth-order valence-electron chi connectivity index (χ4n) is 6.84. The third-order valence-corrected chi connectivity index (χ3v) is 12.0. The molecule has 0 amide bonds. The molecule has 0 aromatic heterocycles. The summed E-state index contributed by atoms with van der Waals surface area (Å²) in [5, 5.41) is 48.0. The Labute approximate surface area is 274 Å². The number of aromatic hydroxyl groups is 3. The predicted octanol–water partition coefficient (Wildman–Crippen LogP) is 2.07. The van der Waals surface area contributed by atoms with Crippen LogP contribution < -0.4 is 9.98 Å². The van der Waals surface area contributed by atoms with Crippen molar-refractivity contribution in [3.63, 3.8) is 0 Å². The van der Waals surface area contributed by atoms with E-state index >= 15 is 0 Å². The van der Waals surface area contributed by atoms with Gasteiger partial charge in [0.05, 0.1) is 48.5 Å². The Morgan fingerprint density at radius 2 is 1.80 bits per heavy atom. The molecule has 5 N–H and O–H groups in total. The number of carbonyl (C=O) groups is 3. The van der Waals surface area contributed by atoms with Crippen molar-refractivity contribution in [1.29, 1.82) is 0 Å². The third-order valence-electron chi connectivity index (χ3n) is 9.30. The van der Waals surface area contributed by atoms with Gasteiger partial charge in [-0.05, 0) is 13.0 Å². The van der Waals surface area contributed by atoms with Gasteiger partial charge in [-0.2, -0.15) is 4.52 Å². The van der Waals surface area contributed by atoms with E-state index in [1.54, 1.807) is 11.6 Å². The molecule has 0 bridgehead atoms. The number of rotatable bonds is 8. The first-order chi connectivity index (χ1) is 21.8. The van der Waals surface area contributed by atoms with Gasteiger partial charge in [-0.3, -0.25) is 14.4 Å². The summed E-state index contributed by atoms with van der Waals surface area (Å²) in [4.78, 5) is 53.6. The van der Waals surface area contributed by atoms with E-state index in [1.807, 2.05) is 0 Å². The number of alkyl halides is 2. The van der Waals surface area contributed by atoms with Gasteiger partial charge in [0, 0.05) is 47.2 Å². The minimum absolute atomic E-state index is 0.0483. The van der Waals surface area contributed by atoms with E-state index in [0.29, 0.717) is 0 Å². The molecule has 4 aliphatic rings. The number of phenols is 3. The summed E-state index contributed by atoms with van der Waals surface area (Å²) in [6.45, 7) is 3.39. The normalized spacial score (nSPS) is 31.8. The maximum absolute atomic E-state index is 13.8. The number of benzene rings is 2. The summed E-state index contributed by atoms with van der Waals surface area (Å²) in [6.07, 6.45) is -3.86. The largest absolute Gasteiger partial charge is 0.626 e. The van der Waals surface area contributed by atoms with Crippen molar-refractivity contribution < 1.29 is 53.7 Å². The van der Waals surface area contributed by atoms with Gasteiger partial charge in [-0.25, -0.2) is 0 Å². The van der Waals surface area contributed by atoms with Gasteiger partial charge >= 0.3 is 0 Å². The summed E-state index contributed by atoms with van der Waals surface area (Å²) < 4.78 is 19.8. The van der Waals surface area contributed by atoms with Crippen LogP contribution in [-0.4, -0.2) is 97.9 Å². The van der Waals surface area contributed by atoms with Crippen molar-refractivity contribution >= 4 is 48.6 Å². The molecule has 248 valence electrons. The maximum atomic E-state index is 13.8. The molecule has 0 spiro atoms. The summed E-state index contributed by atoms with van der Waals surface area (Å²) >= 11 is 11.8. The van der Waals surface area contributed by atoms with Gasteiger partial charge < -0.3 is 34.8 Å².